The number of carboxylic acids is 1. The van der Waals surface area contributed by atoms with Crippen LogP contribution in [0.15, 0.2) is 0 Å². The number of rotatable bonds is 23. The first-order chi connectivity index (χ1) is 14.5. The molecule has 0 heterocycles. The van der Waals surface area contributed by atoms with Crippen LogP contribution in [0.5, 0.6) is 0 Å². The molecule has 2 atom stereocenters. The molecule has 0 saturated carbocycles. The fraction of sp³-hybridized carbons (Fsp3) is 0.964. The maximum atomic E-state index is 12.1. The monoisotopic (exact) mass is 424 g/mol. The average Bonchev–Trinajstić information content (AvgIpc) is 2.72. The Morgan fingerprint density at radius 1 is 0.633 bits per heavy atom. The van der Waals surface area contributed by atoms with Gasteiger partial charge in [-0.1, -0.05) is 143 Å². The predicted octanol–water partition coefficient (Wildman–Crippen LogP) is 9.95. The molecule has 0 amide bonds. The van der Waals surface area contributed by atoms with Crippen LogP contribution in [0.3, 0.4) is 0 Å². The standard InChI is InChI=1S/C28H56O2/c1-5-8-11-13-14-15-16-17-18-20-23-26(22-10-7-3)25-28(4,27(29)30)24-21-19-12-9-6-2/h26H,5-25H2,1-4H3,(H,29,30). The molecule has 0 aliphatic heterocycles. The summed E-state index contributed by atoms with van der Waals surface area (Å²) < 4.78 is 0. The number of unbranched alkanes of at least 4 members (excludes halogenated alkanes) is 14. The van der Waals surface area contributed by atoms with E-state index >= 15 is 0 Å². The highest BCUT2D eigenvalue weighted by Gasteiger charge is 2.34. The summed E-state index contributed by atoms with van der Waals surface area (Å²) >= 11 is 0. The summed E-state index contributed by atoms with van der Waals surface area (Å²) in [6.45, 7) is 8.78. The van der Waals surface area contributed by atoms with Gasteiger partial charge in [0.2, 0.25) is 0 Å². The zero-order chi connectivity index (χ0) is 22.5. The summed E-state index contributed by atoms with van der Waals surface area (Å²) in [5.41, 5.74) is -0.525. The van der Waals surface area contributed by atoms with E-state index in [0.717, 1.165) is 19.3 Å². The minimum absolute atomic E-state index is 0.525. The van der Waals surface area contributed by atoms with Crippen LogP contribution in [0, 0.1) is 11.3 Å². The predicted molar refractivity (Wildman–Crippen MR) is 133 cm³/mol. The molecule has 2 unspecified atom stereocenters. The molecule has 0 rings (SSSR count). The van der Waals surface area contributed by atoms with Crippen molar-refractivity contribution in [3.8, 4) is 0 Å². The molecule has 0 aliphatic carbocycles. The van der Waals surface area contributed by atoms with Gasteiger partial charge in [-0.05, 0) is 25.7 Å². The molecule has 0 spiro atoms. The Hall–Kier alpha value is -0.530. The second-order valence-corrected chi connectivity index (χ2v) is 10.2. The van der Waals surface area contributed by atoms with Crippen molar-refractivity contribution >= 4 is 5.97 Å². The van der Waals surface area contributed by atoms with Gasteiger partial charge >= 0.3 is 5.97 Å². The van der Waals surface area contributed by atoms with Crippen molar-refractivity contribution in [2.24, 2.45) is 11.3 Å². The Kier molecular flexibility index (Phi) is 20.0. The molecule has 0 aliphatic rings. The van der Waals surface area contributed by atoms with Gasteiger partial charge in [0.15, 0.2) is 0 Å². The van der Waals surface area contributed by atoms with Crippen LogP contribution >= 0.6 is 0 Å². The summed E-state index contributed by atoms with van der Waals surface area (Å²) in [6.07, 6.45) is 26.4. The summed E-state index contributed by atoms with van der Waals surface area (Å²) in [7, 11) is 0. The summed E-state index contributed by atoms with van der Waals surface area (Å²) in [5, 5.41) is 9.96. The number of hydrogen-bond acceptors (Lipinski definition) is 1. The first kappa shape index (κ1) is 29.5. The first-order valence-electron chi connectivity index (χ1n) is 13.7. The summed E-state index contributed by atoms with van der Waals surface area (Å²) in [5.74, 6) is 0.0262. The largest absolute Gasteiger partial charge is 0.481 e. The van der Waals surface area contributed by atoms with Crippen LogP contribution in [-0.2, 0) is 4.79 Å². The molecule has 0 fully saturated rings. The van der Waals surface area contributed by atoms with E-state index in [4.69, 9.17) is 0 Å². The van der Waals surface area contributed by atoms with Crippen molar-refractivity contribution in [3.63, 3.8) is 0 Å². The Balaban J connectivity index is 4.24. The van der Waals surface area contributed by atoms with Gasteiger partial charge < -0.3 is 5.11 Å². The van der Waals surface area contributed by atoms with E-state index in [9.17, 15) is 9.90 Å². The lowest BCUT2D eigenvalue weighted by Crippen LogP contribution is -2.30. The van der Waals surface area contributed by atoms with Crippen molar-refractivity contribution in [1.82, 2.24) is 0 Å². The van der Waals surface area contributed by atoms with Gasteiger partial charge in [-0.15, -0.1) is 0 Å². The Morgan fingerprint density at radius 3 is 1.50 bits per heavy atom. The van der Waals surface area contributed by atoms with E-state index in [1.54, 1.807) is 0 Å². The summed E-state index contributed by atoms with van der Waals surface area (Å²) in [6, 6.07) is 0. The number of hydrogen-bond donors (Lipinski definition) is 1. The van der Waals surface area contributed by atoms with Crippen LogP contribution in [0.1, 0.15) is 163 Å². The molecule has 1 N–H and O–H groups in total. The second-order valence-electron chi connectivity index (χ2n) is 10.2. The van der Waals surface area contributed by atoms with Gasteiger partial charge in [0.05, 0.1) is 5.41 Å². The van der Waals surface area contributed by atoms with Crippen LogP contribution < -0.4 is 0 Å². The van der Waals surface area contributed by atoms with Crippen molar-refractivity contribution in [1.29, 1.82) is 0 Å². The van der Waals surface area contributed by atoms with Crippen LogP contribution in [0.4, 0.5) is 0 Å². The van der Waals surface area contributed by atoms with Crippen LogP contribution in [0.25, 0.3) is 0 Å². The van der Waals surface area contributed by atoms with Gasteiger partial charge in [0, 0.05) is 0 Å². The molecule has 30 heavy (non-hydrogen) atoms. The lowest BCUT2D eigenvalue weighted by molar-refractivity contribution is -0.149. The molecule has 0 aromatic rings. The van der Waals surface area contributed by atoms with Gasteiger partial charge in [-0.25, -0.2) is 0 Å². The highest BCUT2D eigenvalue weighted by atomic mass is 16.4. The average molecular weight is 425 g/mol. The van der Waals surface area contributed by atoms with Gasteiger partial charge in [0.25, 0.3) is 0 Å². The number of carbonyl (C=O) groups is 1. The maximum absolute atomic E-state index is 12.1. The van der Waals surface area contributed by atoms with Crippen LogP contribution in [0.2, 0.25) is 0 Å². The van der Waals surface area contributed by atoms with Crippen molar-refractivity contribution in [2.75, 3.05) is 0 Å². The quantitative estimate of drug-likeness (QED) is 0.166. The zero-order valence-corrected chi connectivity index (χ0v) is 21.3. The Bertz CT molecular complexity index is 379. The van der Waals surface area contributed by atoms with E-state index in [-0.39, 0.29) is 0 Å². The first-order valence-corrected chi connectivity index (χ1v) is 13.7. The second kappa shape index (κ2) is 20.4. The minimum Gasteiger partial charge on any atom is -0.481 e. The fourth-order valence-electron chi connectivity index (χ4n) is 4.81. The van der Waals surface area contributed by atoms with E-state index in [1.165, 1.54) is 116 Å². The van der Waals surface area contributed by atoms with Gasteiger partial charge in [-0.2, -0.15) is 0 Å². The minimum atomic E-state index is -0.567. The molecule has 2 nitrogen and oxygen atoms in total. The number of aliphatic carboxylic acids is 1. The molecule has 0 bridgehead atoms. The molecule has 0 radical (unpaired) electrons. The highest BCUT2D eigenvalue weighted by molar-refractivity contribution is 5.74. The van der Waals surface area contributed by atoms with Gasteiger partial charge in [0.1, 0.15) is 0 Å². The number of carboxylic acid groups (broad SMARTS) is 1. The lowest BCUT2D eigenvalue weighted by Gasteiger charge is -2.30. The molecular weight excluding hydrogens is 368 g/mol. The molecule has 0 saturated heterocycles. The third kappa shape index (κ3) is 16.2. The molecule has 0 aromatic carbocycles. The summed E-state index contributed by atoms with van der Waals surface area (Å²) in [4.78, 5) is 12.1. The third-order valence-electron chi connectivity index (χ3n) is 7.02. The van der Waals surface area contributed by atoms with E-state index < -0.39 is 11.4 Å². The lowest BCUT2D eigenvalue weighted by atomic mass is 9.74. The Morgan fingerprint density at radius 2 is 1.03 bits per heavy atom. The topological polar surface area (TPSA) is 37.3 Å². The Labute approximate surface area is 190 Å². The molecule has 0 aromatic heterocycles. The SMILES string of the molecule is CCCCCCCCCCCCC(CCCC)CC(C)(CCCCCCC)C(=O)O. The van der Waals surface area contributed by atoms with Crippen molar-refractivity contribution < 1.29 is 9.90 Å². The highest BCUT2D eigenvalue weighted by Crippen LogP contribution is 2.36. The molecular formula is C28H56O2. The normalized spacial score (nSPS) is 14.5. The van der Waals surface area contributed by atoms with Crippen molar-refractivity contribution in [2.45, 2.75) is 163 Å². The third-order valence-corrected chi connectivity index (χ3v) is 7.02. The smallest absolute Gasteiger partial charge is 0.309 e. The fourth-order valence-corrected chi connectivity index (χ4v) is 4.81. The van der Waals surface area contributed by atoms with Crippen molar-refractivity contribution in [3.05, 3.63) is 0 Å². The van der Waals surface area contributed by atoms with E-state index in [0.29, 0.717) is 5.92 Å². The van der Waals surface area contributed by atoms with Crippen LogP contribution in [-0.4, -0.2) is 11.1 Å². The molecule has 180 valence electrons. The van der Waals surface area contributed by atoms with E-state index in [1.807, 2.05) is 6.92 Å². The molecule has 2 heteroatoms. The van der Waals surface area contributed by atoms with E-state index in [2.05, 4.69) is 20.8 Å². The zero-order valence-electron chi connectivity index (χ0n) is 21.3. The van der Waals surface area contributed by atoms with Gasteiger partial charge in [-0.3, -0.25) is 4.79 Å². The maximum Gasteiger partial charge on any atom is 0.309 e.